The zero-order chi connectivity index (χ0) is 41.2. The van der Waals surface area contributed by atoms with Crippen LogP contribution in [0.2, 0.25) is 5.02 Å². The molecule has 5 amide bonds. The largest absolute Gasteiger partial charge is 0.377 e. The Kier molecular flexibility index (Phi) is 9.91. The van der Waals surface area contributed by atoms with Crippen molar-refractivity contribution in [2.45, 2.75) is 82.5 Å². The van der Waals surface area contributed by atoms with Gasteiger partial charge in [-0.15, -0.1) is 0 Å². The Morgan fingerprint density at radius 1 is 0.864 bits per heavy atom. The maximum atomic E-state index is 13.6. The van der Waals surface area contributed by atoms with Gasteiger partial charge in [-0.05, 0) is 112 Å². The molecule has 2 atom stereocenters. The van der Waals surface area contributed by atoms with Gasteiger partial charge in [0.25, 0.3) is 17.7 Å². The number of piperidine rings is 3. The summed E-state index contributed by atoms with van der Waals surface area (Å²) in [4.78, 5) is 77.9. The van der Waals surface area contributed by atoms with Crippen molar-refractivity contribution < 1.29 is 24.0 Å². The maximum absolute atomic E-state index is 13.6. The van der Waals surface area contributed by atoms with E-state index in [1.807, 2.05) is 35.2 Å². The molecule has 59 heavy (non-hydrogen) atoms. The number of benzene rings is 3. The third kappa shape index (κ3) is 7.20. The predicted octanol–water partition coefficient (Wildman–Crippen LogP) is 5.97. The molecule has 3 aromatic carbocycles. The van der Waals surface area contributed by atoms with Crippen LogP contribution in [-0.2, 0) is 9.59 Å². The van der Waals surface area contributed by atoms with Gasteiger partial charge >= 0.3 is 0 Å². The van der Waals surface area contributed by atoms with Gasteiger partial charge in [0, 0.05) is 92.0 Å². The normalized spacial score (nSPS) is 24.2. The molecule has 1 unspecified atom stereocenters. The summed E-state index contributed by atoms with van der Waals surface area (Å²) in [5, 5.41) is 6.32. The molecule has 0 radical (unpaired) electrons. The van der Waals surface area contributed by atoms with E-state index in [1.165, 1.54) is 0 Å². The molecule has 306 valence electrons. The molecule has 2 N–H and O–H groups in total. The molecule has 13 nitrogen and oxygen atoms in total. The third-order valence-electron chi connectivity index (χ3n) is 13.7. The van der Waals surface area contributed by atoms with E-state index in [4.69, 9.17) is 18.2 Å². The number of nitrogens with zero attached hydrogens (tertiary/aromatic N) is 6. The van der Waals surface area contributed by atoms with Crippen LogP contribution in [0.5, 0.6) is 0 Å². The molecule has 0 aliphatic carbocycles. The number of carbonyl (C=O) groups is 5. The van der Waals surface area contributed by atoms with Crippen LogP contribution < -0.4 is 20.4 Å². The van der Waals surface area contributed by atoms with E-state index in [0.29, 0.717) is 35.9 Å². The Hall–Kier alpha value is -5.45. The fourth-order valence-electron chi connectivity index (χ4n) is 10.5. The first-order valence-corrected chi connectivity index (χ1v) is 21.2. The highest BCUT2D eigenvalue weighted by Gasteiger charge is 2.47. The zero-order valence-electron chi connectivity index (χ0n) is 33.5. The van der Waals surface area contributed by atoms with Gasteiger partial charge in [-0.2, -0.15) is 0 Å². The van der Waals surface area contributed by atoms with Gasteiger partial charge in [-0.1, -0.05) is 17.7 Å². The van der Waals surface area contributed by atoms with Gasteiger partial charge in [0.2, 0.25) is 17.5 Å². The van der Waals surface area contributed by atoms with E-state index in [-0.39, 0.29) is 40.8 Å². The summed E-state index contributed by atoms with van der Waals surface area (Å²) in [5.41, 5.74) is 4.74. The van der Waals surface area contributed by atoms with Crippen molar-refractivity contribution in [2.24, 2.45) is 5.41 Å². The molecule has 6 aliphatic heterocycles. The number of amides is 5. The van der Waals surface area contributed by atoms with Crippen LogP contribution in [0.3, 0.4) is 0 Å². The number of carbonyl (C=O) groups excluding carboxylic acids is 5. The van der Waals surface area contributed by atoms with Gasteiger partial charge < -0.3 is 20.0 Å². The third-order valence-corrected chi connectivity index (χ3v) is 14.0. The summed E-state index contributed by atoms with van der Waals surface area (Å²) < 4.78 is 0. The highest BCUT2D eigenvalue weighted by atomic mass is 35.5. The number of likely N-dealkylation sites (tertiary alicyclic amines) is 2. The zero-order valence-corrected chi connectivity index (χ0v) is 34.3. The second kappa shape index (κ2) is 15.0. The molecule has 6 aliphatic rings. The molecule has 3 aromatic rings. The number of rotatable bonds is 7. The topological polar surface area (TPSA) is 130 Å². The number of imide groups is 2. The molecule has 14 heteroatoms. The van der Waals surface area contributed by atoms with Gasteiger partial charge in [0.15, 0.2) is 0 Å². The van der Waals surface area contributed by atoms with E-state index in [2.05, 4.69) is 56.2 Å². The minimum atomic E-state index is -0.991. The summed E-state index contributed by atoms with van der Waals surface area (Å²) in [6.07, 6.45) is 5.35. The lowest BCUT2D eigenvalue weighted by atomic mass is 9.76. The average Bonchev–Trinajstić information content (AvgIpc) is 3.67. The van der Waals surface area contributed by atoms with E-state index >= 15 is 0 Å². The number of halogens is 1. The van der Waals surface area contributed by atoms with Crippen LogP contribution in [0.25, 0.3) is 4.85 Å². The van der Waals surface area contributed by atoms with Gasteiger partial charge in [-0.3, -0.25) is 39.1 Å². The van der Waals surface area contributed by atoms with E-state index in [1.54, 1.807) is 18.2 Å². The molecular formula is C45H49ClN8O5. The summed E-state index contributed by atoms with van der Waals surface area (Å²) in [5.74, 6) is -1.97. The van der Waals surface area contributed by atoms with Crippen LogP contribution in [0.4, 0.5) is 22.7 Å². The van der Waals surface area contributed by atoms with Crippen LogP contribution in [0, 0.1) is 12.0 Å². The first-order valence-electron chi connectivity index (χ1n) is 20.8. The number of nitrogens with one attached hydrogen (secondary N) is 2. The lowest BCUT2D eigenvalue weighted by molar-refractivity contribution is -0.136. The van der Waals surface area contributed by atoms with Crippen molar-refractivity contribution in [1.82, 2.24) is 20.0 Å². The van der Waals surface area contributed by atoms with Gasteiger partial charge in [0.1, 0.15) is 6.04 Å². The Labute approximate surface area is 349 Å². The molecule has 9 rings (SSSR count). The fourth-order valence-corrected chi connectivity index (χ4v) is 10.8. The summed E-state index contributed by atoms with van der Waals surface area (Å²) in [6.45, 7) is 17.7. The molecular weight excluding hydrogens is 768 g/mol. The van der Waals surface area contributed by atoms with Crippen LogP contribution in [0.1, 0.15) is 89.9 Å². The second-order valence-corrected chi connectivity index (χ2v) is 18.2. The van der Waals surface area contributed by atoms with E-state index in [9.17, 15) is 24.0 Å². The maximum Gasteiger partial charge on any atom is 0.262 e. The first kappa shape index (κ1) is 39.0. The molecule has 0 saturated carbocycles. The SMILES string of the molecule is [C-]#[N+]c1ccc(N2CC3(CCN(c4ccc(C(=O)N5CCC(N6CC(C)(Nc7ccc8c(c7)C(=O)N(C7CCC(=O)NC7=O)C8=O)C6)CC5)cc4)CC3)C[C@@H]2C)cc1Cl. The van der Waals surface area contributed by atoms with Crippen molar-refractivity contribution in [3.8, 4) is 0 Å². The first-order chi connectivity index (χ1) is 28.3. The molecule has 6 heterocycles. The Morgan fingerprint density at radius 2 is 1.56 bits per heavy atom. The van der Waals surface area contributed by atoms with Gasteiger partial charge in [0.05, 0.1) is 23.2 Å². The van der Waals surface area contributed by atoms with Crippen molar-refractivity contribution in [3.05, 3.63) is 93.8 Å². The average molecular weight is 817 g/mol. The summed E-state index contributed by atoms with van der Waals surface area (Å²) in [6, 6.07) is 18.8. The Morgan fingerprint density at radius 3 is 2.24 bits per heavy atom. The second-order valence-electron chi connectivity index (χ2n) is 17.8. The lowest BCUT2D eigenvalue weighted by Crippen LogP contribution is -2.67. The van der Waals surface area contributed by atoms with Crippen LogP contribution in [-0.4, -0.2) is 114 Å². The Balaban J connectivity index is 0.734. The smallest absolute Gasteiger partial charge is 0.262 e. The Bertz CT molecular complexity index is 2270. The fraction of sp³-hybridized carbons (Fsp3) is 0.467. The molecule has 1 spiro atoms. The number of anilines is 3. The van der Waals surface area contributed by atoms with Gasteiger partial charge in [-0.25, -0.2) is 4.85 Å². The van der Waals surface area contributed by atoms with Crippen molar-refractivity contribution >= 4 is 63.9 Å². The molecule has 0 bridgehead atoms. The van der Waals surface area contributed by atoms with Crippen LogP contribution in [0.15, 0.2) is 60.7 Å². The monoisotopic (exact) mass is 816 g/mol. The quantitative estimate of drug-likeness (QED) is 0.219. The molecule has 5 fully saturated rings. The minimum Gasteiger partial charge on any atom is -0.377 e. The predicted molar refractivity (Wildman–Crippen MR) is 225 cm³/mol. The minimum absolute atomic E-state index is 0.0769. The number of hydrogen-bond acceptors (Lipinski definition) is 9. The van der Waals surface area contributed by atoms with E-state index in [0.717, 1.165) is 92.4 Å². The van der Waals surface area contributed by atoms with Crippen molar-refractivity contribution in [2.75, 3.05) is 60.9 Å². The summed E-state index contributed by atoms with van der Waals surface area (Å²) in [7, 11) is 0. The van der Waals surface area contributed by atoms with Crippen molar-refractivity contribution in [1.29, 1.82) is 0 Å². The number of fused-ring (bicyclic) bond motifs is 1. The van der Waals surface area contributed by atoms with E-state index < -0.39 is 29.7 Å². The molecule has 0 aromatic heterocycles. The highest BCUT2D eigenvalue weighted by Crippen LogP contribution is 2.46. The summed E-state index contributed by atoms with van der Waals surface area (Å²) >= 11 is 6.39. The van der Waals surface area contributed by atoms with Crippen molar-refractivity contribution in [3.63, 3.8) is 0 Å². The lowest BCUT2D eigenvalue weighted by Gasteiger charge is -2.53. The molecule has 5 saturated heterocycles. The van der Waals surface area contributed by atoms with Crippen LogP contribution >= 0.6 is 11.6 Å². The highest BCUT2D eigenvalue weighted by molar-refractivity contribution is 6.33. The number of hydrogen-bond donors (Lipinski definition) is 2. The standard InChI is InChI=1S/C45H49ClN8O5/c1-28-24-45(27-53(28)33-9-11-37(47-3)36(46)23-33)16-20-50(21-17-45)31-7-4-29(5-8-31)41(57)51-18-14-32(15-19-51)52-25-44(2,26-52)49-30-6-10-34-35(22-30)43(59)54(42(34)58)38-12-13-39(55)48-40(38)56/h4-11,22-23,28,32,38,49H,12-21,24-27H2,1-2H3,(H,48,55,56)/t28-,38?/m0/s1.